The smallest absolute Gasteiger partial charge is 0.423 e. The molecular formula is C28H30F4N8O4. The number of nitrogens with zero attached hydrogens (tertiary/aromatic N) is 7. The molecule has 12 nitrogen and oxygen atoms in total. The van der Waals surface area contributed by atoms with Gasteiger partial charge in [-0.15, -0.1) is 10.2 Å². The number of benzene rings is 1. The van der Waals surface area contributed by atoms with Crippen molar-refractivity contribution in [2.24, 2.45) is 0 Å². The molecule has 4 heterocycles. The van der Waals surface area contributed by atoms with Crippen molar-refractivity contribution in [2.45, 2.75) is 51.1 Å². The molecule has 1 saturated heterocycles. The van der Waals surface area contributed by atoms with Crippen LogP contribution in [0.15, 0.2) is 52.1 Å². The van der Waals surface area contributed by atoms with Gasteiger partial charge < -0.3 is 24.1 Å². The molecule has 1 aromatic carbocycles. The van der Waals surface area contributed by atoms with E-state index in [-0.39, 0.29) is 31.6 Å². The average molecular weight is 619 g/mol. The summed E-state index contributed by atoms with van der Waals surface area (Å²) in [6.07, 6.45) is -0.253. The van der Waals surface area contributed by atoms with Crippen molar-refractivity contribution < 1.29 is 31.5 Å². The molecular weight excluding hydrogens is 588 g/mol. The second-order valence-corrected chi connectivity index (χ2v) is 10.3. The molecule has 0 saturated carbocycles. The maximum Gasteiger partial charge on any atom is 0.423 e. The van der Waals surface area contributed by atoms with Crippen LogP contribution < -0.4 is 20.5 Å². The second-order valence-electron chi connectivity index (χ2n) is 10.3. The molecule has 0 spiro atoms. The van der Waals surface area contributed by atoms with Gasteiger partial charge in [0.05, 0.1) is 44.5 Å². The minimum atomic E-state index is -4.91. The Morgan fingerprint density at radius 1 is 1.09 bits per heavy atom. The Hall–Kier alpha value is -4.60. The quantitative estimate of drug-likeness (QED) is 0.244. The van der Waals surface area contributed by atoms with E-state index >= 15 is 0 Å². The molecule has 234 valence electrons. The minimum Gasteiger partial charge on any atom is -0.497 e. The zero-order valence-electron chi connectivity index (χ0n) is 23.9. The third-order valence-corrected chi connectivity index (χ3v) is 7.03. The number of anilines is 2. The molecule has 1 atom stereocenters. The van der Waals surface area contributed by atoms with E-state index in [1.165, 1.54) is 7.11 Å². The molecule has 0 amide bonds. The molecule has 4 aromatic rings. The molecule has 16 heteroatoms. The second kappa shape index (κ2) is 13.4. The van der Waals surface area contributed by atoms with E-state index in [0.717, 1.165) is 23.3 Å². The summed E-state index contributed by atoms with van der Waals surface area (Å²) in [6, 6.07) is 5.97. The highest BCUT2D eigenvalue weighted by Gasteiger charge is 2.38. The van der Waals surface area contributed by atoms with Gasteiger partial charge in [0.2, 0.25) is 17.7 Å². The monoisotopic (exact) mass is 618 g/mol. The summed E-state index contributed by atoms with van der Waals surface area (Å²) in [6.45, 7) is 2.68. The number of rotatable bonds is 11. The first-order valence-corrected chi connectivity index (χ1v) is 13.8. The summed E-state index contributed by atoms with van der Waals surface area (Å²) >= 11 is 0. The Morgan fingerprint density at radius 3 is 2.45 bits per heavy atom. The van der Waals surface area contributed by atoms with E-state index in [4.69, 9.17) is 13.9 Å². The van der Waals surface area contributed by atoms with Crippen molar-refractivity contribution in [3.8, 4) is 5.75 Å². The van der Waals surface area contributed by atoms with Crippen LogP contribution in [0.5, 0.6) is 5.75 Å². The Balaban J connectivity index is 1.14. The zero-order chi connectivity index (χ0) is 31.3. The first-order chi connectivity index (χ1) is 21.1. The van der Waals surface area contributed by atoms with Gasteiger partial charge >= 0.3 is 6.18 Å². The van der Waals surface area contributed by atoms with E-state index in [1.54, 1.807) is 31.2 Å². The normalized spacial score (nSPS) is 14.9. The number of ether oxygens (including phenoxy) is 2. The van der Waals surface area contributed by atoms with Crippen molar-refractivity contribution in [2.75, 3.05) is 37.0 Å². The number of hydrogen-bond acceptors (Lipinski definition) is 11. The van der Waals surface area contributed by atoms with Gasteiger partial charge in [0.15, 0.2) is 5.82 Å². The summed E-state index contributed by atoms with van der Waals surface area (Å²) < 4.78 is 72.2. The van der Waals surface area contributed by atoms with Crippen LogP contribution in [0.25, 0.3) is 0 Å². The fourth-order valence-electron chi connectivity index (χ4n) is 4.80. The van der Waals surface area contributed by atoms with E-state index in [9.17, 15) is 22.4 Å². The van der Waals surface area contributed by atoms with Gasteiger partial charge in [0, 0.05) is 25.0 Å². The van der Waals surface area contributed by atoms with Crippen LogP contribution in [0.2, 0.25) is 0 Å². The fraction of sp³-hybridized carbons (Fsp3) is 0.429. The van der Waals surface area contributed by atoms with Gasteiger partial charge in [0.25, 0.3) is 5.56 Å². The lowest BCUT2D eigenvalue weighted by Crippen LogP contribution is -2.34. The summed E-state index contributed by atoms with van der Waals surface area (Å²) in [5.41, 5.74) is -2.46. The molecule has 1 aliphatic heterocycles. The van der Waals surface area contributed by atoms with Crippen LogP contribution >= 0.6 is 0 Å². The highest BCUT2D eigenvalue weighted by atomic mass is 19.4. The van der Waals surface area contributed by atoms with E-state index in [1.807, 2.05) is 4.90 Å². The van der Waals surface area contributed by atoms with Gasteiger partial charge in [-0.3, -0.25) is 4.79 Å². The molecule has 1 aliphatic rings. The lowest BCUT2D eigenvalue weighted by Gasteiger charge is -2.30. The average Bonchev–Trinajstić information content (AvgIpc) is 3.48. The number of piperidine rings is 1. The topological polar surface area (TPSA) is 133 Å². The highest BCUT2D eigenvalue weighted by Crippen LogP contribution is 2.32. The van der Waals surface area contributed by atoms with Gasteiger partial charge in [0.1, 0.15) is 17.9 Å². The SMILES string of the molecule is COc1ccc(Cn2ncc(NC(C)COCc3nnc(C4CCN(c5ncc(F)cn5)CC4)o3)c(C(F)(F)F)c2=O)cc1. The Labute approximate surface area is 249 Å². The Kier molecular flexibility index (Phi) is 9.37. The standard InChI is InChI=1S/C28H30F4N8O4/c1-17(36-22-13-35-40(26(41)24(22)28(30,31)32)14-18-3-5-21(42-2)6-4-18)15-43-16-23-37-38-25(44-23)19-7-9-39(10-8-19)27-33-11-20(29)12-34-27/h3-6,11-13,17,19,36H,7-10,14-16H2,1-2H3. The van der Waals surface area contributed by atoms with E-state index in [2.05, 4.69) is 30.6 Å². The summed E-state index contributed by atoms with van der Waals surface area (Å²) in [7, 11) is 1.50. The summed E-state index contributed by atoms with van der Waals surface area (Å²) in [4.78, 5) is 22.8. The van der Waals surface area contributed by atoms with Crippen LogP contribution in [-0.4, -0.2) is 62.8 Å². The summed E-state index contributed by atoms with van der Waals surface area (Å²) in [5, 5.41) is 14.8. The van der Waals surface area contributed by atoms with Gasteiger partial charge in [-0.2, -0.15) is 18.3 Å². The fourth-order valence-corrected chi connectivity index (χ4v) is 4.80. The molecule has 0 radical (unpaired) electrons. The first-order valence-electron chi connectivity index (χ1n) is 13.8. The molecule has 5 rings (SSSR count). The summed E-state index contributed by atoms with van der Waals surface area (Å²) in [5.74, 6) is 1.26. The van der Waals surface area contributed by atoms with Gasteiger partial charge in [-0.05, 0) is 37.5 Å². The molecule has 3 aromatic heterocycles. The number of halogens is 4. The van der Waals surface area contributed by atoms with Crippen molar-refractivity contribution in [3.63, 3.8) is 0 Å². The number of aromatic nitrogens is 6. The van der Waals surface area contributed by atoms with Crippen LogP contribution in [0.1, 0.15) is 48.6 Å². The predicted molar refractivity (Wildman–Crippen MR) is 149 cm³/mol. The van der Waals surface area contributed by atoms with Crippen molar-refractivity contribution >= 4 is 11.6 Å². The largest absolute Gasteiger partial charge is 0.497 e. The zero-order valence-corrected chi connectivity index (χ0v) is 23.9. The highest BCUT2D eigenvalue weighted by molar-refractivity contribution is 5.50. The maximum atomic E-state index is 13.9. The van der Waals surface area contributed by atoms with Crippen LogP contribution in [0, 0.1) is 5.82 Å². The molecule has 0 aliphatic carbocycles. The minimum absolute atomic E-state index is 0.0139. The van der Waals surface area contributed by atoms with Gasteiger partial charge in [-0.1, -0.05) is 12.1 Å². The molecule has 0 bridgehead atoms. The van der Waals surface area contributed by atoms with Crippen molar-refractivity contribution in [1.29, 1.82) is 0 Å². The number of alkyl halides is 3. The molecule has 1 unspecified atom stereocenters. The third kappa shape index (κ3) is 7.48. The number of nitrogens with one attached hydrogen (secondary N) is 1. The van der Waals surface area contributed by atoms with E-state index in [0.29, 0.717) is 49.1 Å². The molecule has 1 N–H and O–H groups in total. The van der Waals surface area contributed by atoms with Crippen molar-refractivity contribution in [1.82, 2.24) is 29.9 Å². The van der Waals surface area contributed by atoms with Gasteiger partial charge in [-0.25, -0.2) is 19.0 Å². The Morgan fingerprint density at radius 2 is 1.80 bits per heavy atom. The lowest BCUT2D eigenvalue weighted by atomic mass is 9.97. The van der Waals surface area contributed by atoms with Crippen LogP contribution in [0.3, 0.4) is 0 Å². The molecule has 1 fully saturated rings. The lowest BCUT2D eigenvalue weighted by molar-refractivity contribution is -0.138. The predicted octanol–water partition coefficient (Wildman–Crippen LogP) is 4.03. The maximum absolute atomic E-state index is 13.9. The Bertz CT molecular complexity index is 1590. The first kappa shape index (κ1) is 30.8. The number of hydrogen-bond donors (Lipinski definition) is 1. The number of methoxy groups -OCH3 is 1. The van der Waals surface area contributed by atoms with Crippen LogP contribution in [-0.2, 0) is 24.1 Å². The third-order valence-electron chi connectivity index (χ3n) is 7.03. The van der Waals surface area contributed by atoms with Crippen molar-refractivity contribution in [3.05, 3.63) is 81.9 Å². The molecule has 44 heavy (non-hydrogen) atoms. The van der Waals surface area contributed by atoms with Crippen LogP contribution in [0.4, 0.5) is 29.2 Å². The van der Waals surface area contributed by atoms with E-state index < -0.39 is 34.8 Å².